The topological polar surface area (TPSA) is 134 Å². The molecule has 0 saturated carbocycles. The summed E-state index contributed by atoms with van der Waals surface area (Å²) in [7, 11) is -4.37. The Labute approximate surface area is 402 Å². The van der Waals surface area contributed by atoms with Gasteiger partial charge < -0.3 is 20.1 Å². The van der Waals surface area contributed by atoms with Crippen molar-refractivity contribution in [2.24, 2.45) is 5.73 Å². The summed E-state index contributed by atoms with van der Waals surface area (Å²) in [4.78, 5) is 34.9. The largest absolute Gasteiger partial charge is 0.472 e. The van der Waals surface area contributed by atoms with Crippen molar-refractivity contribution in [2.75, 3.05) is 26.4 Å². The van der Waals surface area contributed by atoms with E-state index in [9.17, 15) is 19.0 Å². The summed E-state index contributed by atoms with van der Waals surface area (Å²) in [5.41, 5.74) is 5.36. The Morgan fingerprint density at radius 1 is 0.446 bits per heavy atom. The van der Waals surface area contributed by atoms with Crippen LogP contribution >= 0.6 is 7.82 Å². The molecule has 0 aliphatic carbocycles. The van der Waals surface area contributed by atoms with Crippen LogP contribution in [0.5, 0.6) is 0 Å². The third-order valence-electron chi connectivity index (χ3n) is 12.6. The molecule has 0 aromatic heterocycles. The number of rotatable bonds is 54. The number of phosphoric ester groups is 1. The average Bonchev–Trinajstić information content (AvgIpc) is 3.30. The third-order valence-corrected chi connectivity index (χ3v) is 13.6. The summed E-state index contributed by atoms with van der Waals surface area (Å²) in [5.74, 6) is -0.826. The number of phosphoric acid groups is 1. The van der Waals surface area contributed by atoms with E-state index in [0.717, 1.165) is 57.8 Å². The molecule has 386 valence electrons. The van der Waals surface area contributed by atoms with Gasteiger partial charge in [0.05, 0.1) is 13.2 Å². The molecule has 0 bridgehead atoms. The lowest BCUT2D eigenvalue weighted by Gasteiger charge is -2.19. The first-order valence-corrected chi connectivity index (χ1v) is 29.7. The second-order valence-corrected chi connectivity index (χ2v) is 20.6. The Balaban J connectivity index is 3.70. The van der Waals surface area contributed by atoms with E-state index in [0.29, 0.717) is 6.42 Å². The van der Waals surface area contributed by atoms with Gasteiger partial charge in [-0.3, -0.25) is 18.6 Å². The van der Waals surface area contributed by atoms with Crippen molar-refractivity contribution in [1.29, 1.82) is 0 Å². The van der Waals surface area contributed by atoms with E-state index < -0.39 is 26.5 Å². The van der Waals surface area contributed by atoms with Gasteiger partial charge in [-0.05, 0) is 32.1 Å². The number of hydrogen-bond acceptors (Lipinski definition) is 8. The van der Waals surface area contributed by atoms with E-state index in [1.54, 1.807) is 0 Å². The van der Waals surface area contributed by atoms with E-state index in [2.05, 4.69) is 26.0 Å². The molecular formula is C55H108NO8P. The van der Waals surface area contributed by atoms with Crippen molar-refractivity contribution >= 4 is 19.8 Å². The Kier molecular flexibility index (Phi) is 51.1. The van der Waals surface area contributed by atoms with E-state index in [1.807, 2.05) is 0 Å². The Morgan fingerprint density at radius 2 is 0.785 bits per heavy atom. The molecular weight excluding hydrogens is 834 g/mol. The molecule has 0 spiro atoms. The number of ether oxygens (including phenoxy) is 2. The summed E-state index contributed by atoms with van der Waals surface area (Å²) in [6.45, 7) is 3.71. The number of carbonyl (C=O) groups excluding carboxylic acids is 2. The number of allylic oxidation sites excluding steroid dienone is 2. The highest BCUT2D eigenvalue weighted by Gasteiger charge is 2.26. The number of nitrogens with two attached hydrogens (primary N) is 1. The third kappa shape index (κ3) is 52.0. The zero-order chi connectivity index (χ0) is 47.4. The van der Waals surface area contributed by atoms with Crippen LogP contribution in [0.2, 0.25) is 0 Å². The van der Waals surface area contributed by atoms with Crippen LogP contribution in [0.4, 0.5) is 0 Å². The molecule has 10 heteroatoms. The van der Waals surface area contributed by atoms with Crippen molar-refractivity contribution in [1.82, 2.24) is 0 Å². The quantitative estimate of drug-likeness (QED) is 0.0264. The van der Waals surface area contributed by atoms with E-state index in [1.165, 1.54) is 205 Å². The van der Waals surface area contributed by atoms with Crippen LogP contribution in [0.25, 0.3) is 0 Å². The molecule has 0 radical (unpaired) electrons. The van der Waals surface area contributed by atoms with E-state index in [-0.39, 0.29) is 38.6 Å². The Bertz CT molecular complexity index is 1070. The predicted molar refractivity (Wildman–Crippen MR) is 275 cm³/mol. The molecule has 0 fully saturated rings. The second-order valence-electron chi connectivity index (χ2n) is 19.2. The van der Waals surface area contributed by atoms with E-state index in [4.69, 9.17) is 24.3 Å². The predicted octanol–water partition coefficient (Wildman–Crippen LogP) is 17.3. The summed E-state index contributed by atoms with van der Waals surface area (Å²) >= 11 is 0. The maximum absolute atomic E-state index is 12.6. The lowest BCUT2D eigenvalue weighted by Crippen LogP contribution is -2.29. The van der Waals surface area contributed by atoms with Gasteiger partial charge in [0.25, 0.3) is 0 Å². The van der Waals surface area contributed by atoms with Gasteiger partial charge in [0.15, 0.2) is 6.10 Å². The first-order chi connectivity index (χ1) is 31.8. The molecule has 9 nitrogen and oxygen atoms in total. The maximum Gasteiger partial charge on any atom is 0.472 e. The highest BCUT2D eigenvalue weighted by Crippen LogP contribution is 2.43. The molecule has 3 N–H and O–H groups in total. The molecule has 0 amide bonds. The van der Waals surface area contributed by atoms with Crippen molar-refractivity contribution in [2.45, 2.75) is 302 Å². The lowest BCUT2D eigenvalue weighted by atomic mass is 10.0. The molecule has 0 aromatic carbocycles. The maximum atomic E-state index is 12.6. The summed E-state index contributed by atoms with van der Waals surface area (Å²) < 4.78 is 32.8. The number of esters is 2. The number of hydrogen-bond donors (Lipinski definition) is 2. The monoisotopic (exact) mass is 942 g/mol. The highest BCUT2D eigenvalue weighted by molar-refractivity contribution is 7.47. The summed E-state index contributed by atoms with van der Waals surface area (Å²) in [6, 6.07) is 0. The average molecular weight is 942 g/mol. The molecule has 0 saturated heterocycles. The van der Waals surface area contributed by atoms with Gasteiger partial charge in [0, 0.05) is 19.4 Å². The zero-order valence-corrected chi connectivity index (χ0v) is 43.9. The van der Waals surface area contributed by atoms with Crippen LogP contribution in [0, 0.1) is 0 Å². The normalized spacial score (nSPS) is 13.1. The van der Waals surface area contributed by atoms with Gasteiger partial charge in [0.2, 0.25) is 0 Å². The van der Waals surface area contributed by atoms with Gasteiger partial charge in [0.1, 0.15) is 6.61 Å². The molecule has 0 aliphatic rings. The van der Waals surface area contributed by atoms with Crippen molar-refractivity contribution in [3.63, 3.8) is 0 Å². The standard InChI is InChI=1S/C55H108NO8P/c1-3-5-7-9-11-13-15-16-17-18-19-20-21-22-23-24-25-26-27-28-29-30-31-32-33-34-35-36-37-38-40-41-43-45-47-54(57)61-51-53(52-63-65(59,60)62-50-49-56)64-55(58)48-46-44-42-39-14-12-10-8-6-4-2/h8,10,53H,3-7,9,11-52,56H2,1-2H3,(H,59,60)/b10-8-. The smallest absolute Gasteiger partial charge is 0.462 e. The molecule has 0 aromatic rings. The van der Waals surface area contributed by atoms with Crippen LogP contribution < -0.4 is 5.73 Å². The Hall–Kier alpha value is -1.25. The minimum Gasteiger partial charge on any atom is -0.462 e. The van der Waals surface area contributed by atoms with Crippen molar-refractivity contribution in [3.05, 3.63) is 12.2 Å². The first-order valence-electron chi connectivity index (χ1n) is 28.2. The van der Waals surface area contributed by atoms with Gasteiger partial charge in [-0.15, -0.1) is 0 Å². The van der Waals surface area contributed by atoms with Crippen LogP contribution in [-0.2, 0) is 32.7 Å². The van der Waals surface area contributed by atoms with Crippen LogP contribution in [0.3, 0.4) is 0 Å². The highest BCUT2D eigenvalue weighted by atomic mass is 31.2. The van der Waals surface area contributed by atoms with Gasteiger partial charge >= 0.3 is 19.8 Å². The summed E-state index contributed by atoms with van der Waals surface area (Å²) in [5, 5.41) is 0. The first kappa shape index (κ1) is 63.8. The molecule has 0 heterocycles. The lowest BCUT2D eigenvalue weighted by molar-refractivity contribution is -0.161. The van der Waals surface area contributed by atoms with Crippen molar-refractivity contribution < 1.29 is 37.6 Å². The fraction of sp³-hybridized carbons (Fsp3) is 0.927. The molecule has 65 heavy (non-hydrogen) atoms. The minimum absolute atomic E-state index is 0.0548. The molecule has 2 unspecified atom stereocenters. The number of unbranched alkanes of at least 4 members (excludes halogenated alkanes) is 39. The zero-order valence-electron chi connectivity index (χ0n) is 43.0. The fourth-order valence-electron chi connectivity index (χ4n) is 8.47. The van der Waals surface area contributed by atoms with Crippen molar-refractivity contribution in [3.8, 4) is 0 Å². The SMILES string of the molecule is CCC/C=C\CCCCCCCC(=O)OC(COC(=O)CCCCCCCCCCCCCCCCCCCCCCCCCCCCCCCCCCCC)COP(=O)(O)OCCN. The molecule has 0 aliphatic heterocycles. The Morgan fingerprint density at radius 3 is 1.15 bits per heavy atom. The van der Waals surface area contributed by atoms with Gasteiger partial charge in [-0.2, -0.15) is 0 Å². The van der Waals surface area contributed by atoms with Gasteiger partial charge in [-0.1, -0.05) is 264 Å². The molecule has 0 rings (SSSR count). The van der Waals surface area contributed by atoms with Crippen LogP contribution in [-0.4, -0.2) is 49.3 Å². The van der Waals surface area contributed by atoms with E-state index >= 15 is 0 Å². The van der Waals surface area contributed by atoms with Crippen LogP contribution in [0.1, 0.15) is 296 Å². The number of carbonyl (C=O) groups is 2. The van der Waals surface area contributed by atoms with Gasteiger partial charge in [-0.25, -0.2) is 4.57 Å². The van der Waals surface area contributed by atoms with Crippen LogP contribution in [0.15, 0.2) is 12.2 Å². The fourth-order valence-corrected chi connectivity index (χ4v) is 9.23. The second kappa shape index (κ2) is 52.1. The molecule has 2 atom stereocenters. The minimum atomic E-state index is -4.37. The summed E-state index contributed by atoms with van der Waals surface area (Å²) in [6.07, 6.45) is 58.9.